The molecule has 27 heavy (non-hydrogen) atoms. The van der Waals surface area contributed by atoms with Gasteiger partial charge in [0.05, 0.1) is 18.9 Å². The number of carbonyl (C=O) groups excluding carboxylic acids is 1. The van der Waals surface area contributed by atoms with E-state index in [1.807, 2.05) is 24.8 Å². The molecule has 4 rings (SSSR count). The summed E-state index contributed by atoms with van der Waals surface area (Å²) >= 11 is 1.26. The Bertz CT molecular complexity index is 1040. The first kappa shape index (κ1) is 17.9. The van der Waals surface area contributed by atoms with Crippen molar-refractivity contribution in [1.82, 2.24) is 4.98 Å². The van der Waals surface area contributed by atoms with Gasteiger partial charge in [0.15, 0.2) is 0 Å². The van der Waals surface area contributed by atoms with Crippen LogP contribution >= 0.6 is 11.3 Å². The summed E-state index contributed by atoms with van der Waals surface area (Å²) in [6, 6.07) is 6.28. The van der Waals surface area contributed by atoms with Gasteiger partial charge >= 0.3 is 0 Å². The van der Waals surface area contributed by atoms with Gasteiger partial charge in [-0.2, -0.15) is 0 Å². The zero-order valence-electron chi connectivity index (χ0n) is 15.2. The monoisotopic (exact) mass is 385 g/mol. The molecule has 0 saturated carbocycles. The smallest absolute Gasteiger partial charge is 0.207 e. The molecule has 0 atom stereocenters. The number of pyridine rings is 1. The fourth-order valence-electron chi connectivity index (χ4n) is 3.29. The number of benzene rings is 1. The zero-order chi connectivity index (χ0) is 19.1. The fraction of sp³-hybridized carbons (Fsp3) is 0.300. The van der Waals surface area contributed by atoms with Gasteiger partial charge in [0, 0.05) is 35.4 Å². The third-order valence-electron chi connectivity index (χ3n) is 4.93. The number of morpholine rings is 1. The Morgan fingerprint density at radius 1 is 1.26 bits per heavy atom. The number of carbonyl (C=O) groups is 1. The average molecular weight is 385 g/mol. The number of nitrogen functional groups attached to an aromatic ring is 1. The van der Waals surface area contributed by atoms with Gasteiger partial charge in [0.2, 0.25) is 5.78 Å². The highest BCUT2D eigenvalue weighted by molar-refractivity contribution is 7.21. The quantitative estimate of drug-likeness (QED) is 0.696. The molecule has 1 aromatic carbocycles. The standard InChI is InChI=1S/C20H20FN3O2S/c1-11-9-15-17(22)19(27-20(15)23-12(11)2)18(25)14-10-13(21)3-4-16(14)24-5-7-26-8-6-24/h3-4,9-10H,5-8,22H2,1-2H3. The van der Waals surface area contributed by atoms with Crippen LogP contribution in [-0.2, 0) is 4.74 Å². The van der Waals surface area contributed by atoms with Crippen LogP contribution in [0.1, 0.15) is 26.5 Å². The molecule has 0 aliphatic carbocycles. The molecule has 3 aromatic rings. The third kappa shape index (κ3) is 3.17. The van der Waals surface area contributed by atoms with Crippen molar-refractivity contribution in [2.24, 2.45) is 0 Å². The summed E-state index contributed by atoms with van der Waals surface area (Å²) in [5.41, 5.74) is 9.65. The van der Waals surface area contributed by atoms with Gasteiger partial charge in [-0.25, -0.2) is 9.37 Å². The molecule has 140 valence electrons. The van der Waals surface area contributed by atoms with Gasteiger partial charge in [0.1, 0.15) is 15.5 Å². The summed E-state index contributed by atoms with van der Waals surface area (Å²) < 4.78 is 19.4. The Kier molecular flexibility index (Phi) is 4.57. The molecule has 5 nitrogen and oxygen atoms in total. The molecule has 1 aliphatic heterocycles. The number of aromatic nitrogens is 1. The van der Waals surface area contributed by atoms with Gasteiger partial charge in [-0.05, 0) is 43.7 Å². The molecule has 2 aromatic heterocycles. The van der Waals surface area contributed by atoms with Crippen LogP contribution in [0.3, 0.4) is 0 Å². The van der Waals surface area contributed by atoms with E-state index in [4.69, 9.17) is 10.5 Å². The average Bonchev–Trinajstić information content (AvgIpc) is 2.98. The lowest BCUT2D eigenvalue weighted by Crippen LogP contribution is -2.37. The fourth-order valence-corrected chi connectivity index (χ4v) is 4.37. The van der Waals surface area contributed by atoms with Crippen LogP contribution in [-0.4, -0.2) is 37.1 Å². The first-order valence-electron chi connectivity index (χ1n) is 8.79. The summed E-state index contributed by atoms with van der Waals surface area (Å²) in [6.07, 6.45) is 0. The van der Waals surface area contributed by atoms with Gasteiger partial charge in [-0.15, -0.1) is 11.3 Å². The number of fused-ring (bicyclic) bond motifs is 1. The first-order valence-corrected chi connectivity index (χ1v) is 9.60. The zero-order valence-corrected chi connectivity index (χ0v) is 16.0. The van der Waals surface area contributed by atoms with Gasteiger partial charge in [-0.3, -0.25) is 4.79 Å². The lowest BCUT2D eigenvalue weighted by atomic mass is 10.0. The van der Waals surface area contributed by atoms with Crippen molar-refractivity contribution in [1.29, 1.82) is 0 Å². The summed E-state index contributed by atoms with van der Waals surface area (Å²) in [4.78, 5) is 21.0. The number of hydrogen-bond acceptors (Lipinski definition) is 6. The Labute approximate surface area is 160 Å². The molecule has 0 spiro atoms. The van der Waals surface area contributed by atoms with E-state index in [2.05, 4.69) is 4.98 Å². The number of halogens is 1. The number of hydrogen-bond donors (Lipinski definition) is 1. The van der Waals surface area contributed by atoms with Gasteiger partial charge in [-0.1, -0.05) is 0 Å². The number of thiophene rings is 1. The van der Waals surface area contributed by atoms with Crippen molar-refractivity contribution < 1.29 is 13.9 Å². The van der Waals surface area contributed by atoms with Crippen LogP contribution in [0.2, 0.25) is 0 Å². The van der Waals surface area contributed by atoms with Crippen LogP contribution in [0, 0.1) is 19.7 Å². The molecule has 7 heteroatoms. The Balaban J connectivity index is 1.82. The maximum Gasteiger partial charge on any atom is 0.207 e. The predicted octanol–water partition coefficient (Wildman–Crippen LogP) is 3.70. The van der Waals surface area contributed by atoms with E-state index < -0.39 is 5.82 Å². The molecule has 0 radical (unpaired) electrons. The molecule has 1 saturated heterocycles. The lowest BCUT2D eigenvalue weighted by Gasteiger charge is -2.30. The molecule has 3 heterocycles. The first-order chi connectivity index (χ1) is 13.0. The molecule has 2 N–H and O–H groups in total. The summed E-state index contributed by atoms with van der Waals surface area (Å²) in [7, 11) is 0. The van der Waals surface area contributed by atoms with Crippen LogP contribution in [0.5, 0.6) is 0 Å². The number of aryl methyl sites for hydroxylation is 2. The second kappa shape index (κ2) is 6.90. The van der Waals surface area contributed by atoms with Crippen molar-refractivity contribution in [2.45, 2.75) is 13.8 Å². The Morgan fingerprint density at radius 3 is 2.74 bits per heavy atom. The van der Waals surface area contributed by atoms with Crippen molar-refractivity contribution in [3.63, 3.8) is 0 Å². The Hall–Kier alpha value is -2.51. The van der Waals surface area contributed by atoms with Crippen LogP contribution in [0.25, 0.3) is 10.2 Å². The van der Waals surface area contributed by atoms with E-state index in [-0.39, 0.29) is 5.78 Å². The third-order valence-corrected chi connectivity index (χ3v) is 6.04. The highest BCUT2D eigenvalue weighted by Crippen LogP contribution is 2.36. The highest BCUT2D eigenvalue weighted by atomic mass is 32.1. The Morgan fingerprint density at radius 2 is 2.00 bits per heavy atom. The van der Waals surface area contributed by atoms with Gasteiger partial charge in [0.25, 0.3) is 0 Å². The van der Waals surface area contributed by atoms with E-state index >= 15 is 0 Å². The predicted molar refractivity (Wildman–Crippen MR) is 106 cm³/mol. The minimum Gasteiger partial charge on any atom is -0.397 e. The van der Waals surface area contributed by atoms with E-state index in [1.165, 1.54) is 23.5 Å². The van der Waals surface area contributed by atoms with E-state index in [0.717, 1.165) is 21.5 Å². The lowest BCUT2D eigenvalue weighted by molar-refractivity contribution is 0.104. The molecule has 0 bridgehead atoms. The second-order valence-electron chi connectivity index (χ2n) is 6.68. The van der Waals surface area contributed by atoms with Crippen LogP contribution < -0.4 is 10.6 Å². The van der Waals surface area contributed by atoms with Crippen molar-refractivity contribution in [3.8, 4) is 0 Å². The molecule has 0 unspecified atom stereocenters. The minimum absolute atomic E-state index is 0.271. The normalized spacial score (nSPS) is 14.7. The van der Waals surface area contributed by atoms with Gasteiger partial charge < -0.3 is 15.4 Å². The number of anilines is 2. The van der Waals surface area contributed by atoms with Crippen LogP contribution in [0.4, 0.5) is 15.8 Å². The number of rotatable bonds is 3. The summed E-state index contributed by atoms with van der Waals surface area (Å²) in [5.74, 6) is -0.716. The summed E-state index contributed by atoms with van der Waals surface area (Å²) in [5, 5.41) is 0.774. The highest BCUT2D eigenvalue weighted by Gasteiger charge is 2.25. The minimum atomic E-state index is -0.445. The largest absolute Gasteiger partial charge is 0.397 e. The van der Waals surface area contributed by atoms with Crippen LogP contribution in [0.15, 0.2) is 24.3 Å². The number of nitrogens with two attached hydrogens (primary N) is 1. The molecule has 0 amide bonds. The molecule has 1 aliphatic rings. The number of nitrogens with zero attached hydrogens (tertiary/aromatic N) is 2. The topological polar surface area (TPSA) is 68.5 Å². The SMILES string of the molecule is Cc1cc2c(N)c(C(=O)c3cc(F)ccc3N3CCOCC3)sc2nc1C. The number of ketones is 1. The van der Waals surface area contributed by atoms with E-state index in [1.54, 1.807) is 6.07 Å². The maximum absolute atomic E-state index is 14.0. The number of ether oxygens (including phenoxy) is 1. The molecular weight excluding hydrogens is 365 g/mol. The molecular formula is C20H20FN3O2S. The molecule has 1 fully saturated rings. The summed E-state index contributed by atoms with van der Waals surface area (Å²) in [6.45, 7) is 6.37. The second-order valence-corrected chi connectivity index (χ2v) is 7.68. The van der Waals surface area contributed by atoms with E-state index in [0.29, 0.717) is 48.1 Å². The van der Waals surface area contributed by atoms with Crippen molar-refractivity contribution in [3.05, 3.63) is 51.8 Å². The van der Waals surface area contributed by atoms with Crippen molar-refractivity contribution in [2.75, 3.05) is 36.9 Å². The van der Waals surface area contributed by atoms with Crippen molar-refractivity contribution >= 4 is 38.7 Å². The maximum atomic E-state index is 14.0. The van der Waals surface area contributed by atoms with E-state index in [9.17, 15) is 9.18 Å².